The second-order valence-electron chi connectivity index (χ2n) is 4.71. The summed E-state index contributed by atoms with van der Waals surface area (Å²) in [6.07, 6.45) is 3.62. The highest BCUT2D eigenvalue weighted by atomic mass is 32.2. The number of rotatable bonds is 9. The maximum Gasteiger partial charge on any atom is 0.281 e. The van der Waals surface area contributed by atoms with Crippen LogP contribution >= 0.6 is 0 Å². The Kier molecular flexibility index (Phi) is 5.85. The smallest absolute Gasteiger partial charge is 0.281 e. The number of hydrogen-bond donors (Lipinski definition) is 1. The third-order valence-corrected chi connectivity index (χ3v) is 4.94. The number of hydrogen-bond acceptors (Lipinski definition) is 3. The van der Waals surface area contributed by atoms with Gasteiger partial charge in [-0.3, -0.25) is 0 Å². The highest BCUT2D eigenvalue weighted by Crippen LogP contribution is 2.30. The van der Waals surface area contributed by atoms with E-state index in [0.29, 0.717) is 32.0 Å². The summed E-state index contributed by atoms with van der Waals surface area (Å²) in [7, 11) is -1.75. The van der Waals surface area contributed by atoms with E-state index >= 15 is 0 Å². The van der Waals surface area contributed by atoms with Crippen molar-refractivity contribution in [3.8, 4) is 0 Å². The molecule has 0 aliphatic heterocycles. The van der Waals surface area contributed by atoms with Crippen LogP contribution < -0.4 is 0 Å². The molecule has 0 atom stereocenters. The molecule has 1 aliphatic rings. The summed E-state index contributed by atoms with van der Waals surface area (Å²) in [6, 6.07) is 0. The summed E-state index contributed by atoms with van der Waals surface area (Å²) in [5.41, 5.74) is 0. The minimum absolute atomic E-state index is 0.0241. The van der Waals surface area contributed by atoms with Gasteiger partial charge in [0.2, 0.25) is 0 Å². The van der Waals surface area contributed by atoms with Gasteiger partial charge in [0.15, 0.2) is 0 Å². The van der Waals surface area contributed by atoms with Crippen molar-refractivity contribution < 1.29 is 13.5 Å². The first-order valence-electron chi connectivity index (χ1n) is 6.34. The van der Waals surface area contributed by atoms with Crippen molar-refractivity contribution in [3.63, 3.8) is 0 Å². The molecule has 1 fully saturated rings. The lowest BCUT2D eigenvalue weighted by atomic mass is 10.4. The van der Waals surface area contributed by atoms with E-state index in [1.54, 1.807) is 11.4 Å². The summed E-state index contributed by atoms with van der Waals surface area (Å²) >= 11 is 0. The predicted octanol–water partition coefficient (Wildman–Crippen LogP) is 0.667. The fraction of sp³-hybridized carbons (Fsp3) is 1.00. The van der Waals surface area contributed by atoms with Crippen molar-refractivity contribution in [2.45, 2.75) is 32.6 Å². The van der Waals surface area contributed by atoms with Gasteiger partial charge in [-0.25, -0.2) is 0 Å². The van der Waals surface area contributed by atoms with Gasteiger partial charge in [-0.2, -0.15) is 17.0 Å². The molecular formula is C11H24N2O3S. The van der Waals surface area contributed by atoms with E-state index in [2.05, 4.69) is 0 Å². The number of aliphatic hydroxyl groups is 1. The zero-order chi connectivity index (χ0) is 12.9. The van der Waals surface area contributed by atoms with E-state index in [0.717, 1.165) is 19.3 Å². The van der Waals surface area contributed by atoms with E-state index in [-0.39, 0.29) is 6.61 Å². The lowest BCUT2D eigenvalue weighted by molar-refractivity contribution is 0.270. The topological polar surface area (TPSA) is 60.9 Å². The van der Waals surface area contributed by atoms with Crippen LogP contribution in [-0.2, 0) is 10.2 Å². The Balaban J connectivity index is 2.60. The number of nitrogens with zero attached hydrogens (tertiary/aromatic N) is 2. The molecule has 0 heterocycles. The highest BCUT2D eigenvalue weighted by molar-refractivity contribution is 7.86. The quantitative estimate of drug-likeness (QED) is 0.666. The van der Waals surface area contributed by atoms with E-state index in [1.807, 2.05) is 6.92 Å². The minimum atomic E-state index is -3.33. The Hall–Kier alpha value is -0.170. The largest absolute Gasteiger partial charge is 0.396 e. The molecule has 0 spiro atoms. The molecule has 0 saturated heterocycles. The highest BCUT2D eigenvalue weighted by Gasteiger charge is 2.32. The molecule has 0 radical (unpaired) electrons. The first-order valence-corrected chi connectivity index (χ1v) is 7.74. The summed E-state index contributed by atoms with van der Waals surface area (Å²) in [5, 5.41) is 8.74. The lowest BCUT2D eigenvalue weighted by Crippen LogP contribution is -2.43. The SMILES string of the molecule is CCCN(CC1CC1)S(=O)(=O)N(C)CCCO. The molecule has 1 rings (SSSR count). The normalized spacial score (nSPS) is 17.0. The lowest BCUT2D eigenvalue weighted by Gasteiger charge is -2.27. The van der Waals surface area contributed by atoms with Gasteiger partial charge in [0.05, 0.1) is 0 Å². The van der Waals surface area contributed by atoms with E-state index < -0.39 is 10.2 Å². The summed E-state index contributed by atoms with van der Waals surface area (Å²) in [6.45, 7) is 3.63. The molecule has 0 aromatic carbocycles. The van der Waals surface area contributed by atoms with Crippen LogP contribution in [0.4, 0.5) is 0 Å². The fourth-order valence-electron chi connectivity index (χ4n) is 1.74. The van der Waals surface area contributed by atoms with Gasteiger partial charge in [-0.1, -0.05) is 6.92 Å². The first-order chi connectivity index (χ1) is 8.02. The third kappa shape index (κ3) is 4.54. The molecule has 0 amide bonds. The van der Waals surface area contributed by atoms with Gasteiger partial charge in [-0.05, 0) is 31.6 Å². The van der Waals surface area contributed by atoms with Crippen LogP contribution in [0.3, 0.4) is 0 Å². The van der Waals surface area contributed by atoms with E-state index in [4.69, 9.17) is 5.11 Å². The van der Waals surface area contributed by atoms with Gasteiger partial charge >= 0.3 is 0 Å². The molecule has 5 nitrogen and oxygen atoms in total. The molecule has 102 valence electrons. The molecule has 1 aliphatic carbocycles. The molecule has 0 aromatic rings. The van der Waals surface area contributed by atoms with Crippen molar-refractivity contribution in [1.82, 2.24) is 8.61 Å². The van der Waals surface area contributed by atoms with E-state index in [1.165, 1.54) is 4.31 Å². The number of aliphatic hydroxyl groups excluding tert-OH is 1. The predicted molar refractivity (Wildman–Crippen MR) is 67.8 cm³/mol. The van der Waals surface area contributed by atoms with Crippen molar-refractivity contribution in [2.75, 3.05) is 33.3 Å². The van der Waals surface area contributed by atoms with Crippen molar-refractivity contribution >= 4 is 10.2 Å². The molecule has 0 bridgehead atoms. The molecule has 0 unspecified atom stereocenters. The molecule has 1 saturated carbocycles. The maximum atomic E-state index is 12.3. The van der Waals surface area contributed by atoms with Crippen LogP contribution in [-0.4, -0.2) is 55.4 Å². The second kappa shape index (κ2) is 6.68. The van der Waals surface area contributed by atoms with Gasteiger partial charge in [0.25, 0.3) is 10.2 Å². The molecule has 17 heavy (non-hydrogen) atoms. The zero-order valence-electron chi connectivity index (χ0n) is 10.8. The Bertz CT molecular complexity index is 315. The van der Waals surface area contributed by atoms with Crippen molar-refractivity contribution in [3.05, 3.63) is 0 Å². The van der Waals surface area contributed by atoms with Gasteiger partial charge in [-0.15, -0.1) is 0 Å². The van der Waals surface area contributed by atoms with Crippen molar-refractivity contribution in [2.24, 2.45) is 5.92 Å². The first kappa shape index (κ1) is 14.9. The average molecular weight is 264 g/mol. The Labute approximate surface area is 105 Å². The Morgan fingerprint density at radius 1 is 1.29 bits per heavy atom. The standard InChI is InChI=1S/C11H24N2O3S/c1-3-7-13(10-11-5-6-11)17(15,16)12(2)8-4-9-14/h11,14H,3-10H2,1-2H3. The van der Waals surface area contributed by atoms with Crippen LogP contribution in [0.1, 0.15) is 32.6 Å². The Morgan fingerprint density at radius 2 is 1.94 bits per heavy atom. The van der Waals surface area contributed by atoms with Gasteiger partial charge in [0, 0.05) is 33.3 Å². The summed E-state index contributed by atoms with van der Waals surface area (Å²) in [4.78, 5) is 0. The van der Waals surface area contributed by atoms with Crippen LogP contribution in [0.5, 0.6) is 0 Å². The minimum Gasteiger partial charge on any atom is -0.396 e. The van der Waals surface area contributed by atoms with Crippen LogP contribution in [0.2, 0.25) is 0 Å². The van der Waals surface area contributed by atoms with Gasteiger partial charge < -0.3 is 5.11 Å². The third-order valence-electron chi connectivity index (χ3n) is 2.98. The maximum absolute atomic E-state index is 12.3. The fourth-order valence-corrected chi connectivity index (χ4v) is 3.31. The summed E-state index contributed by atoms with van der Waals surface area (Å²) in [5.74, 6) is 0.558. The molecular weight excluding hydrogens is 240 g/mol. The van der Waals surface area contributed by atoms with Gasteiger partial charge in [0.1, 0.15) is 0 Å². The van der Waals surface area contributed by atoms with Crippen LogP contribution in [0.15, 0.2) is 0 Å². The van der Waals surface area contributed by atoms with Crippen LogP contribution in [0.25, 0.3) is 0 Å². The van der Waals surface area contributed by atoms with Crippen LogP contribution in [0, 0.1) is 5.92 Å². The average Bonchev–Trinajstić information content (AvgIpc) is 3.09. The second-order valence-corrected chi connectivity index (χ2v) is 6.74. The monoisotopic (exact) mass is 264 g/mol. The molecule has 0 aromatic heterocycles. The Morgan fingerprint density at radius 3 is 2.41 bits per heavy atom. The van der Waals surface area contributed by atoms with E-state index in [9.17, 15) is 8.42 Å². The zero-order valence-corrected chi connectivity index (χ0v) is 11.6. The molecule has 6 heteroatoms. The molecule has 1 N–H and O–H groups in total. The summed E-state index contributed by atoms with van der Waals surface area (Å²) < 4.78 is 27.5. The van der Waals surface area contributed by atoms with Crippen molar-refractivity contribution in [1.29, 1.82) is 0 Å².